The van der Waals surface area contributed by atoms with Crippen LogP contribution in [0.15, 0.2) is 18.2 Å². The van der Waals surface area contributed by atoms with Gasteiger partial charge in [0.05, 0.1) is 0 Å². The number of hydrogen-bond donors (Lipinski definition) is 1. The van der Waals surface area contributed by atoms with Crippen molar-refractivity contribution in [3.63, 3.8) is 0 Å². The molecule has 17 heavy (non-hydrogen) atoms. The van der Waals surface area contributed by atoms with Crippen molar-refractivity contribution in [3.8, 4) is 0 Å². The van der Waals surface area contributed by atoms with Crippen LogP contribution in [0.1, 0.15) is 24.0 Å². The number of carbonyl (C=O) groups is 1. The van der Waals surface area contributed by atoms with Gasteiger partial charge >= 0.3 is 0 Å². The lowest BCUT2D eigenvalue weighted by Gasteiger charge is -2.14. The van der Waals surface area contributed by atoms with Crippen molar-refractivity contribution in [2.45, 2.75) is 25.9 Å². The van der Waals surface area contributed by atoms with Crippen LogP contribution in [0.5, 0.6) is 0 Å². The third kappa shape index (κ3) is 2.77. The van der Waals surface area contributed by atoms with Crippen LogP contribution in [-0.2, 0) is 22.6 Å². The predicted octanol–water partition coefficient (Wildman–Crippen LogP) is 1.54. The van der Waals surface area contributed by atoms with Crippen LogP contribution in [0.3, 0.4) is 0 Å². The quantitative estimate of drug-likeness (QED) is 0.635. The molecule has 1 aliphatic rings. The first-order valence-corrected chi connectivity index (χ1v) is 5.84. The van der Waals surface area contributed by atoms with Crippen LogP contribution in [0.2, 0.25) is 0 Å². The zero-order valence-corrected chi connectivity index (χ0v) is 10.1. The van der Waals surface area contributed by atoms with Gasteiger partial charge in [0.15, 0.2) is 0 Å². The molecule has 1 aliphatic heterocycles. The summed E-state index contributed by atoms with van der Waals surface area (Å²) in [6, 6.07) is 5.85. The van der Waals surface area contributed by atoms with Gasteiger partial charge in [-0.1, -0.05) is 6.07 Å². The molecule has 0 aromatic heterocycles. The summed E-state index contributed by atoms with van der Waals surface area (Å²) in [5.74, 6) is 0.192. The molecular weight excluding hydrogens is 216 g/mol. The molecule has 2 N–H and O–H groups in total. The Morgan fingerprint density at radius 1 is 1.41 bits per heavy atom. The van der Waals surface area contributed by atoms with Crippen LogP contribution >= 0.6 is 0 Å². The summed E-state index contributed by atoms with van der Waals surface area (Å²) in [5, 5.41) is 0. The Labute approximate surface area is 101 Å². The standard InChI is InChI=1S/C13H18N2O2/c1-17-6-2-3-13(16)15-8-10-4-5-12(14)7-11(10)9-15/h4-5,7H,2-3,6,8-9,14H2,1H3. The molecule has 0 spiro atoms. The Morgan fingerprint density at radius 2 is 2.18 bits per heavy atom. The lowest BCUT2D eigenvalue weighted by atomic mass is 10.1. The second-order valence-electron chi connectivity index (χ2n) is 4.37. The first-order valence-electron chi connectivity index (χ1n) is 5.84. The van der Waals surface area contributed by atoms with E-state index < -0.39 is 0 Å². The molecule has 2 rings (SSSR count). The van der Waals surface area contributed by atoms with E-state index in [0.717, 1.165) is 12.1 Å². The normalized spacial score (nSPS) is 13.8. The molecule has 0 saturated carbocycles. The summed E-state index contributed by atoms with van der Waals surface area (Å²) in [6.45, 7) is 2.03. The highest BCUT2D eigenvalue weighted by molar-refractivity contribution is 5.77. The number of amides is 1. The van der Waals surface area contributed by atoms with Gasteiger partial charge in [-0.2, -0.15) is 0 Å². The summed E-state index contributed by atoms with van der Waals surface area (Å²) in [6.07, 6.45) is 1.33. The van der Waals surface area contributed by atoms with Crippen LogP contribution in [0, 0.1) is 0 Å². The Bertz CT molecular complexity index is 418. The molecule has 0 atom stereocenters. The third-order valence-corrected chi connectivity index (χ3v) is 3.04. The van der Waals surface area contributed by atoms with Crippen LogP contribution in [-0.4, -0.2) is 24.5 Å². The van der Waals surface area contributed by atoms with Gasteiger partial charge in [0, 0.05) is 38.9 Å². The zero-order valence-electron chi connectivity index (χ0n) is 10.1. The SMILES string of the molecule is COCCCC(=O)N1Cc2ccc(N)cc2C1. The molecule has 1 aromatic carbocycles. The Balaban J connectivity index is 1.93. The maximum atomic E-state index is 11.9. The molecule has 4 nitrogen and oxygen atoms in total. The number of carbonyl (C=O) groups excluding carboxylic acids is 1. The van der Waals surface area contributed by atoms with Crippen molar-refractivity contribution in [2.75, 3.05) is 19.5 Å². The van der Waals surface area contributed by atoms with Gasteiger partial charge in [0.2, 0.25) is 5.91 Å². The molecule has 0 unspecified atom stereocenters. The van der Waals surface area contributed by atoms with E-state index in [4.69, 9.17) is 10.5 Å². The number of ether oxygens (including phenoxy) is 1. The van der Waals surface area contributed by atoms with E-state index in [1.54, 1.807) is 7.11 Å². The number of hydrogen-bond acceptors (Lipinski definition) is 3. The summed E-state index contributed by atoms with van der Waals surface area (Å²) in [5.41, 5.74) is 8.87. The number of nitrogens with zero attached hydrogens (tertiary/aromatic N) is 1. The molecule has 1 aromatic rings. The van der Waals surface area contributed by atoms with Gasteiger partial charge in [-0.15, -0.1) is 0 Å². The topological polar surface area (TPSA) is 55.6 Å². The number of rotatable bonds is 4. The molecule has 0 radical (unpaired) electrons. The van der Waals surface area contributed by atoms with Crippen molar-refractivity contribution >= 4 is 11.6 Å². The van der Waals surface area contributed by atoms with Gasteiger partial charge in [-0.25, -0.2) is 0 Å². The molecule has 4 heteroatoms. The molecule has 92 valence electrons. The lowest BCUT2D eigenvalue weighted by Crippen LogP contribution is -2.25. The highest BCUT2D eigenvalue weighted by Crippen LogP contribution is 2.25. The highest BCUT2D eigenvalue weighted by Gasteiger charge is 2.22. The fourth-order valence-corrected chi connectivity index (χ4v) is 2.12. The summed E-state index contributed by atoms with van der Waals surface area (Å²) in [4.78, 5) is 13.8. The molecular formula is C13H18N2O2. The maximum absolute atomic E-state index is 11.9. The van der Waals surface area contributed by atoms with E-state index in [-0.39, 0.29) is 5.91 Å². The molecule has 0 saturated heterocycles. The largest absolute Gasteiger partial charge is 0.399 e. The summed E-state index contributed by atoms with van der Waals surface area (Å²) in [7, 11) is 1.65. The third-order valence-electron chi connectivity index (χ3n) is 3.04. The minimum atomic E-state index is 0.192. The van der Waals surface area contributed by atoms with Crippen molar-refractivity contribution in [1.29, 1.82) is 0 Å². The number of benzene rings is 1. The number of methoxy groups -OCH3 is 1. The van der Waals surface area contributed by atoms with Crippen molar-refractivity contribution in [3.05, 3.63) is 29.3 Å². The van der Waals surface area contributed by atoms with E-state index >= 15 is 0 Å². The Hall–Kier alpha value is -1.55. The number of fused-ring (bicyclic) bond motifs is 1. The number of anilines is 1. The Kier molecular flexibility index (Phi) is 3.64. The Morgan fingerprint density at radius 3 is 2.94 bits per heavy atom. The van der Waals surface area contributed by atoms with Gasteiger partial charge in [-0.3, -0.25) is 4.79 Å². The first kappa shape index (κ1) is 11.9. The van der Waals surface area contributed by atoms with Crippen LogP contribution in [0.25, 0.3) is 0 Å². The average molecular weight is 234 g/mol. The van der Waals surface area contributed by atoms with Gasteiger partial charge in [-0.05, 0) is 29.7 Å². The molecule has 0 aliphatic carbocycles. The van der Waals surface area contributed by atoms with E-state index in [9.17, 15) is 4.79 Å². The zero-order chi connectivity index (χ0) is 12.3. The van der Waals surface area contributed by atoms with E-state index in [0.29, 0.717) is 26.1 Å². The van der Waals surface area contributed by atoms with Gasteiger partial charge in [0.1, 0.15) is 0 Å². The molecule has 1 heterocycles. The van der Waals surface area contributed by atoms with Crippen molar-refractivity contribution in [2.24, 2.45) is 0 Å². The molecule has 0 fully saturated rings. The fraction of sp³-hybridized carbons (Fsp3) is 0.462. The number of nitrogen functional groups attached to an aromatic ring is 1. The molecule has 1 amide bonds. The smallest absolute Gasteiger partial charge is 0.223 e. The minimum Gasteiger partial charge on any atom is -0.399 e. The van der Waals surface area contributed by atoms with E-state index in [1.165, 1.54) is 11.1 Å². The maximum Gasteiger partial charge on any atom is 0.223 e. The molecule has 0 bridgehead atoms. The predicted molar refractivity (Wildman–Crippen MR) is 66.2 cm³/mol. The first-order chi connectivity index (χ1) is 8.20. The second-order valence-corrected chi connectivity index (χ2v) is 4.37. The summed E-state index contributed by atoms with van der Waals surface area (Å²) < 4.78 is 4.95. The number of nitrogens with two attached hydrogens (primary N) is 1. The van der Waals surface area contributed by atoms with Crippen LogP contribution in [0.4, 0.5) is 5.69 Å². The summed E-state index contributed by atoms with van der Waals surface area (Å²) >= 11 is 0. The van der Waals surface area contributed by atoms with Crippen molar-refractivity contribution < 1.29 is 9.53 Å². The van der Waals surface area contributed by atoms with Crippen LogP contribution < -0.4 is 5.73 Å². The lowest BCUT2D eigenvalue weighted by molar-refractivity contribution is -0.132. The van der Waals surface area contributed by atoms with E-state index in [1.807, 2.05) is 23.1 Å². The fourth-order valence-electron chi connectivity index (χ4n) is 2.12. The van der Waals surface area contributed by atoms with E-state index in [2.05, 4.69) is 0 Å². The monoisotopic (exact) mass is 234 g/mol. The average Bonchev–Trinajstić information content (AvgIpc) is 2.72. The van der Waals surface area contributed by atoms with Gasteiger partial charge < -0.3 is 15.4 Å². The highest BCUT2D eigenvalue weighted by atomic mass is 16.5. The second kappa shape index (κ2) is 5.19. The van der Waals surface area contributed by atoms with Gasteiger partial charge in [0.25, 0.3) is 0 Å². The minimum absolute atomic E-state index is 0.192. The van der Waals surface area contributed by atoms with Crippen molar-refractivity contribution in [1.82, 2.24) is 4.90 Å².